The first kappa shape index (κ1) is 10.8. The van der Waals surface area contributed by atoms with E-state index < -0.39 is 0 Å². The molecule has 2 aromatic heterocycles. The number of furan rings is 1. The highest BCUT2D eigenvalue weighted by Crippen LogP contribution is 2.19. The maximum absolute atomic E-state index is 11.9. The van der Waals surface area contributed by atoms with Gasteiger partial charge in [0.25, 0.3) is 5.91 Å². The highest BCUT2D eigenvalue weighted by molar-refractivity contribution is 5.92. The zero-order chi connectivity index (χ0) is 12.4. The highest BCUT2D eigenvalue weighted by atomic mass is 16.5. The van der Waals surface area contributed by atoms with Crippen molar-refractivity contribution in [1.82, 2.24) is 9.88 Å². The number of aromatic nitrogens is 1. The summed E-state index contributed by atoms with van der Waals surface area (Å²) in [6, 6.07) is 7.04. The first-order valence-corrected chi connectivity index (χ1v) is 5.72. The van der Waals surface area contributed by atoms with Crippen molar-refractivity contribution in [1.29, 1.82) is 0 Å². The Kier molecular flexibility index (Phi) is 2.72. The number of amides is 1. The Bertz CT molecular complexity index is 518. The van der Waals surface area contributed by atoms with Gasteiger partial charge in [-0.1, -0.05) is 0 Å². The van der Waals surface area contributed by atoms with E-state index in [1.807, 2.05) is 12.1 Å². The standard InChI is InChI=1S/C13H12N2O3/c16-13(12-4-2-6-17-12)15-8-11(9-15)18-10-3-1-5-14-7-10/h1-7,11H,8-9H2. The molecule has 1 aliphatic heterocycles. The van der Waals surface area contributed by atoms with Crippen LogP contribution in [0.2, 0.25) is 0 Å². The third-order valence-electron chi connectivity index (χ3n) is 2.80. The van der Waals surface area contributed by atoms with E-state index in [2.05, 4.69) is 4.98 Å². The van der Waals surface area contributed by atoms with Crippen LogP contribution in [0.4, 0.5) is 0 Å². The molecule has 3 rings (SSSR count). The van der Waals surface area contributed by atoms with E-state index in [0.29, 0.717) is 18.8 Å². The molecule has 5 heteroatoms. The van der Waals surface area contributed by atoms with Crippen LogP contribution < -0.4 is 4.74 Å². The molecule has 1 saturated heterocycles. The van der Waals surface area contributed by atoms with Crippen LogP contribution in [0.15, 0.2) is 47.3 Å². The maximum Gasteiger partial charge on any atom is 0.289 e. The predicted molar refractivity (Wildman–Crippen MR) is 63.3 cm³/mol. The van der Waals surface area contributed by atoms with Crippen LogP contribution in [0.1, 0.15) is 10.6 Å². The summed E-state index contributed by atoms with van der Waals surface area (Å²) in [6.07, 6.45) is 4.89. The first-order chi connectivity index (χ1) is 8.83. The predicted octanol–water partition coefficient (Wildman–Crippen LogP) is 1.58. The number of pyridine rings is 1. The second kappa shape index (κ2) is 4.52. The molecule has 0 N–H and O–H groups in total. The second-order valence-electron chi connectivity index (χ2n) is 4.12. The lowest BCUT2D eigenvalue weighted by atomic mass is 10.1. The maximum atomic E-state index is 11.9. The lowest BCUT2D eigenvalue weighted by Gasteiger charge is -2.38. The minimum absolute atomic E-state index is 0.0353. The fourth-order valence-electron chi connectivity index (χ4n) is 1.84. The summed E-state index contributed by atoms with van der Waals surface area (Å²) in [4.78, 5) is 17.5. The number of carbonyl (C=O) groups is 1. The number of carbonyl (C=O) groups excluding carboxylic acids is 1. The normalized spacial score (nSPS) is 15.2. The van der Waals surface area contributed by atoms with Crippen LogP contribution in [-0.4, -0.2) is 35.0 Å². The molecular formula is C13H12N2O3. The van der Waals surface area contributed by atoms with Crippen molar-refractivity contribution < 1.29 is 13.9 Å². The zero-order valence-corrected chi connectivity index (χ0v) is 9.65. The Hall–Kier alpha value is -2.30. The van der Waals surface area contributed by atoms with Gasteiger partial charge in [-0.25, -0.2) is 0 Å². The number of nitrogens with zero attached hydrogens (tertiary/aromatic N) is 2. The van der Waals surface area contributed by atoms with Gasteiger partial charge in [-0.15, -0.1) is 0 Å². The van der Waals surface area contributed by atoms with Crippen LogP contribution in [0.5, 0.6) is 5.75 Å². The van der Waals surface area contributed by atoms with Crippen molar-refractivity contribution in [2.75, 3.05) is 13.1 Å². The van der Waals surface area contributed by atoms with E-state index >= 15 is 0 Å². The minimum atomic E-state index is -0.0916. The van der Waals surface area contributed by atoms with Gasteiger partial charge in [0, 0.05) is 6.20 Å². The third kappa shape index (κ3) is 2.07. The van der Waals surface area contributed by atoms with Gasteiger partial charge < -0.3 is 14.1 Å². The Balaban J connectivity index is 1.53. The van der Waals surface area contributed by atoms with Gasteiger partial charge in [0.15, 0.2) is 5.76 Å². The van der Waals surface area contributed by atoms with Gasteiger partial charge in [-0.05, 0) is 24.3 Å². The van der Waals surface area contributed by atoms with Crippen molar-refractivity contribution in [3.05, 3.63) is 48.7 Å². The van der Waals surface area contributed by atoms with Crippen molar-refractivity contribution >= 4 is 5.91 Å². The summed E-state index contributed by atoms with van der Waals surface area (Å²) in [5, 5.41) is 0. The molecule has 0 spiro atoms. The molecule has 0 bridgehead atoms. The number of hydrogen-bond donors (Lipinski definition) is 0. The smallest absolute Gasteiger partial charge is 0.289 e. The van der Waals surface area contributed by atoms with Gasteiger partial charge in [-0.3, -0.25) is 9.78 Å². The molecule has 5 nitrogen and oxygen atoms in total. The van der Waals surface area contributed by atoms with E-state index in [1.54, 1.807) is 29.4 Å². The second-order valence-corrected chi connectivity index (χ2v) is 4.12. The van der Waals surface area contributed by atoms with Crippen LogP contribution in [0.3, 0.4) is 0 Å². The number of likely N-dealkylation sites (tertiary alicyclic amines) is 1. The summed E-state index contributed by atoms with van der Waals surface area (Å²) in [5.74, 6) is 1.01. The van der Waals surface area contributed by atoms with E-state index in [1.165, 1.54) is 6.26 Å². The fourth-order valence-corrected chi connectivity index (χ4v) is 1.84. The van der Waals surface area contributed by atoms with Gasteiger partial charge in [-0.2, -0.15) is 0 Å². The van der Waals surface area contributed by atoms with Crippen molar-refractivity contribution in [3.8, 4) is 5.75 Å². The molecule has 0 radical (unpaired) electrons. The van der Waals surface area contributed by atoms with Gasteiger partial charge >= 0.3 is 0 Å². The quantitative estimate of drug-likeness (QED) is 0.822. The Morgan fingerprint density at radius 3 is 2.94 bits per heavy atom. The summed E-state index contributed by atoms with van der Waals surface area (Å²) in [7, 11) is 0. The van der Waals surface area contributed by atoms with Crippen LogP contribution >= 0.6 is 0 Å². The number of hydrogen-bond acceptors (Lipinski definition) is 4. The SMILES string of the molecule is O=C(c1ccco1)N1CC(Oc2cccnc2)C1. The Morgan fingerprint density at radius 2 is 2.28 bits per heavy atom. The Morgan fingerprint density at radius 1 is 1.39 bits per heavy atom. The van der Waals surface area contributed by atoms with E-state index in [9.17, 15) is 4.79 Å². The van der Waals surface area contributed by atoms with Gasteiger partial charge in [0.05, 0.1) is 25.5 Å². The summed E-state index contributed by atoms with van der Waals surface area (Å²) in [5.41, 5.74) is 0. The molecule has 92 valence electrons. The lowest BCUT2D eigenvalue weighted by Crippen LogP contribution is -2.56. The average Bonchev–Trinajstić information content (AvgIpc) is 2.87. The van der Waals surface area contributed by atoms with E-state index in [-0.39, 0.29) is 12.0 Å². The lowest BCUT2D eigenvalue weighted by molar-refractivity contribution is 0.0154. The summed E-state index contributed by atoms with van der Waals surface area (Å²) >= 11 is 0. The Labute approximate surface area is 104 Å². The molecule has 0 atom stereocenters. The van der Waals surface area contributed by atoms with Crippen LogP contribution in [-0.2, 0) is 0 Å². The molecule has 1 amide bonds. The zero-order valence-electron chi connectivity index (χ0n) is 9.65. The molecule has 0 saturated carbocycles. The van der Waals surface area contributed by atoms with Crippen molar-refractivity contribution in [2.24, 2.45) is 0 Å². The van der Waals surface area contributed by atoms with E-state index in [4.69, 9.17) is 9.15 Å². The summed E-state index contributed by atoms with van der Waals surface area (Å²) in [6.45, 7) is 1.16. The van der Waals surface area contributed by atoms with Crippen LogP contribution in [0.25, 0.3) is 0 Å². The minimum Gasteiger partial charge on any atom is -0.485 e. The molecule has 0 aromatic carbocycles. The van der Waals surface area contributed by atoms with Gasteiger partial charge in [0.1, 0.15) is 11.9 Å². The third-order valence-corrected chi connectivity index (χ3v) is 2.80. The highest BCUT2D eigenvalue weighted by Gasteiger charge is 2.33. The van der Waals surface area contributed by atoms with Crippen molar-refractivity contribution in [2.45, 2.75) is 6.10 Å². The van der Waals surface area contributed by atoms with Crippen LogP contribution in [0, 0.1) is 0 Å². The van der Waals surface area contributed by atoms with Crippen molar-refractivity contribution in [3.63, 3.8) is 0 Å². The molecular weight excluding hydrogens is 232 g/mol. The molecule has 0 aliphatic carbocycles. The molecule has 2 aromatic rings. The number of ether oxygens (including phenoxy) is 1. The average molecular weight is 244 g/mol. The molecule has 0 unspecified atom stereocenters. The van der Waals surface area contributed by atoms with E-state index in [0.717, 1.165) is 5.75 Å². The monoisotopic (exact) mass is 244 g/mol. The summed E-state index contributed by atoms with van der Waals surface area (Å²) < 4.78 is 10.7. The molecule has 3 heterocycles. The van der Waals surface area contributed by atoms with Gasteiger partial charge in [0.2, 0.25) is 0 Å². The largest absolute Gasteiger partial charge is 0.485 e. The molecule has 18 heavy (non-hydrogen) atoms. The number of rotatable bonds is 3. The molecule has 1 fully saturated rings. The molecule has 1 aliphatic rings. The first-order valence-electron chi connectivity index (χ1n) is 5.72. The fraction of sp³-hybridized carbons (Fsp3) is 0.231. The topological polar surface area (TPSA) is 55.6 Å².